The third-order valence-corrected chi connectivity index (χ3v) is 2.92. The standard InChI is InChI=1S/C15H12F4/c1-2-4-9-7-8-11(15(19)13(9)17)10-5-3-6-12(16)14(10)18/h3,5-8H,2,4H2,1H3. The fourth-order valence-corrected chi connectivity index (χ4v) is 1.97. The van der Waals surface area contributed by atoms with Crippen LogP contribution in [0.1, 0.15) is 18.9 Å². The number of benzene rings is 2. The summed E-state index contributed by atoms with van der Waals surface area (Å²) in [5.41, 5.74) is -0.311. The molecule has 0 spiro atoms. The monoisotopic (exact) mass is 268 g/mol. The van der Waals surface area contributed by atoms with E-state index < -0.39 is 23.3 Å². The van der Waals surface area contributed by atoms with Crippen LogP contribution in [0, 0.1) is 23.3 Å². The Balaban J connectivity index is 2.58. The van der Waals surface area contributed by atoms with Gasteiger partial charge in [0.05, 0.1) is 0 Å². The molecule has 0 aliphatic rings. The molecule has 4 heteroatoms. The van der Waals surface area contributed by atoms with E-state index >= 15 is 0 Å². The van der Waals surface area contributed by atoms with Gasteiger partial charge >= 0.3 is 0 Å². The SMILES string of the molecule is CCCc1ccc(-c2cccc(F)c2F)c(F)c1F. The van der Waals surface area contributed by atoms with E-state index in [1.807, 2.05) is 6.92 Å². The highest BCUT2D eigenvalue weighted by atomic mass is 19.2. The minimum atomic E-state index is -1.18. The van der Waals surface area contributed by atoms with Crippen LogP contribution in [0.5, 0.6) is 0 Å². The quantitative estimate of drug-likeness (QED) is 0.697. The summed E-state index contributed by atoms with van der Waals surface area (Å²) >= 11 is 0. The predicted octanol–water partition coefficient (Wildman–Crippen LogP) is 4.86. The maximum atomic E-state index is 13.9. The van der Waals surface area contributed by atoms with Gasteiger partial charge in [-0.15, -0.1) is 0 Å². The molecule has 2 aromatic rings. The first-order chi connectivity index (χ1) is 9.06. The van der Waals surface area contributed by atoms with E-state index in [0.717, 1.165) is 6.07 Å². The molecule has 0 unspecified atom stereocenters. The molecule has 0 fully saturated rings. The molecule has 0 N–H and O–H groups in total. The summed E-state index contributed by atoms with van der Waals surface area (Å²) in [5.74, 6) is -4.41. The van der Waals surface area contributed by atoms with Gasteiger partial charge in [-0.3, -0.25) is 0 Å². The Labute approximate surface area is 108 Å². The molecular weight excluding hydrogens is 256 g/mol. The Hall–Kier alpha value is -1.84. The summed E-state index contributed by atoms with van der Waals surface area (Å²) in [5, 5.41) is 0. The zero-order chi connectivity index (χ0) is 14.0. The first-order valence-electron chi connectivity index (χ1n) is 5.97. The number of hydrogen-bond donors (Lipinski definition) is 0. The Bertz CT molecular complexity index is 605. The Morgan fingerprint density at radius 3 is 2.16 bits per heavy atom. The molecular formula is C15H12F4. The second kappa shape index (κ2) is 5.43. The summed E-state index contributed by atoms with van der Waals surface area (Å²) in [7, 11) is 0. The lowest BCUT2D eigenvalue weighted by atomic mass is 10.00. The van der Waals surface area contributed by atoms with Crippen molar-refractivity contribution in [3.05, 3.63) is 59.2 Å². The zero-order valence-electron chi connectivity index (χ0n) is 10.3. The van der Waals surface area contributed by atoms with Crippen molar-refractivity contribution in [1.29, 1.82) is 0 Å². The van der Waals surface area contributed by atoms with Gasteiger partial charge in [0.2, 0.25) is 0 Å². The van der Waals surface area contributed by atoms with Crippen molar-refractivity contribution in [2.45, 2.75) is 19.8 Å². The predicted molar refractivity (Wildman–Crippen MR) is 65.7 cm³/mol. The highest BCUT2D eigenvalue weighted by molar-refractivity contribution is 5.65. The van der Waals surface area contributed by atoms with Gasteiger partial charge in [-0.2, -0.15) is 0 Å². The number of hydrogen-bond acceptors (Lipinski definition) is 0. The third-order valence-electron chi connectivity index (χ3n) is 2.92. The molecule has 0 bridgehead atoms. The van der Waals surface area contributed by atoms with E-state index in [4.69, 9.17) is 0 Å². The largest absolute Gasteiger partial charge is 0.204 e. The maximum absolute atomic E-state index is 13.9. The van der Waals surface area contributed by atoms with Gasteiger partial charge in [0.25, 0.3) is 0 Å². The molecule has 0 radical (unpaired) electrons. The van der Waals surface area contributed by atoms with E-state index in [0.29, 0.717) is 12.8 Å². The average Bonchev–Trinajstić information content (AvgIpc) is 2.39. The van der Waals surface area contributed by atoms with Crippen molar-refractivity contribution < 1.29 is 17.6 Å². The molecule has 0 aromatic heterocycles. The Morgan fingerprint density at radius 1 is 0.789 bits per heavy atom. The lowest BCUT2D eigenvalue weighted by Crippen LogP contribution is -1.99. The van der Waals surface area contributed by atoms with Crippen molar-refractivity contribution in [2.24, 2.45) is 0 Å². The smallest absolute Gasteiger partial charge is 0.167 e. The van der Waals surface area contributed by atoms with Crippen LogP contribution >= 0.6 is 0 Å². The van der Waals surface area contributed by atoms with Gasteiger partial charge in [0.1, 0.15) is 0 Å². The van der Waals surface area contributed by atoms with Crippen molar-refractivity contribution >= 4 is 0 Å². The van der Waals surface area contributed by atoms with E-state index in [1.54, 1.807) is 0 Å². The van der Waals surface area contributed by atoms with Crippen LogP contribution < -0.4 is 0 Å². The highest BCUT2D eigenvalue weighted by Crippen LogP contribution is 2.29. The van der Waals surface area contributed by atoms with Gasteiger partial charge in [-0.25, -0.2) is 17.6 Å². The third kappa shape index (κ3) is 2.48. The van der Waals surface area contributed by atoms with E-state index in [-0.39, 0.29) is 16.7 Å². The molecule has 0 aliphatic heterocycles. The zero-order valence-corrected chi connectivity index (χ0v) is 10.3. The van der Waals surface area contributed by atoms with E-state index in [1.165, 1.54) is 24.3 Å². The van der Waals surface area contributed by atoms with Crippen molar-refractivity contribution in [2.75, 3.05) is 0 Å². The second-order valence-corrected chi connectivity index (χ2v) is 4.25. The first-order valence-corrected chi connectivity index (χ1v) is 5.97. The van der Waals surface area contributed by atoms with E-state index in [9.17, 15) is 17.6 Å². The molecule has 0 nitrogen and oxygen atoms in total. The fraction of sp³-hybridized carbons (Fsp3) is 0.200. The summed E-state index contributed by atoms with van der Waals surface area (Å²) in [6, 6.07) is 6.09. The molecule has 0 saturated heterocycles. The van der Waals surface area contributed by atoms with Crippen LogP contribution in [-0.2, 0) is 6.42 Å². The number of aryl methyl sites for hydroxylation is 1. The molecule has 100 valence electrons. The second-order valence-electron chi connectivity index (χ2n) is 4.25. The lowest BCUT2D eigenvalue weighted by molar-refractivity contribution is 0.495. The number of halogens is 4. The van der Waals surface area contributed by atoms with Crippen molar-refractivity contribution in [1.82, 2.24) is 0 Å². The van der Waals surface area contributed by atoms with Gasteiger partial charge in [0.15, 0.2) is 23.3 Å². The van der Waals surface area contributed by atoms with Crippen molar-refractivity contribution in [3.8, 4) is 11.1 Å². The minimum absolute atomic E-state index is 0.237. The van der Waals surface area contributed by atoms with Crippen LogP contribution in [0.3, 0.4) is 0 Å². The minimum Gasteiger partial charge on any atom is -0.204 e. The van der Waals surface area contributed by atoms with Crippen LogP contribution in [-0.4, -0.2) is 0 Å². The summed E-state index contributed by atoms with van der Waals surface area (Å²) in [4.78, 5) is 0. The van der Waals surface area contributed by atoms with Crippen LogP contribution in [0.4, 0.5) is 17.6 Å². The van der Waals surface area contributed by atoms with Gasteiger partial charge in [-0.1, -0.05) is 37.6 Å². The fourth-order valence-electron chi connectivity index (χ4n) is 1.97. The molecule has 0 heterocycles. The Kier molecular flexibility index (Phi) is 3.88. The molecule has 0 saturated carbocycles. The molecule has 2 rings (SSSR count). The summed E-state index contributed by atoms with van der Waals surface area (Å²) < 4.78 is 54.4. The Morgan fingerprint density at radius 2 is 1.47 bits per heavy atom. The number of rotatable bonds is 3. The molecule has 0 aliphatic carbocycles. The highest BCUT2D eigenvalue weighted by Gasteiger charge is 2.18. The lowest BCUT2D eigenvalue weighted by Gasteiger charge is -2.09. The average molecular weight is 268 g/mol. The normalized spacial score (nSPS) is 10.8. The molecule has 2 aromatic carbocycles. The first kappa shape index (κ1) is 13.6. The van der Waals surface area contributed by atoms with Gasteiger partial charge < -0.3 is 0 Å². The van der Waals surface area contributed by atoms with Crippen molar-refractivity contribution in [3.63, 3.8) is 0 Å². The molecule has 0 atom stereocenters. The van der Waals surface area contributed by atoms with Crippen LogP contribution in [0.2, 0.25) is 0 Å². The topological polar surface area (TPSA) is 0 Å². The maximum Gasteiger partial charge on any atom is 0.167 e. The van der Waals surface area contributed by atoms with Gasteiger partial charge in [0, 0.05) is 11.1 Å². The molecule has 0 amide bonds. The van der Waals surface area contributed by atoms with Crippen LogP contribution in [0.25, 0.3) is 11.1 Å². The van der Waals surface area contributed by atoms with E-state index in [2.05, 4.69) is 0 Å². The summed E-state index contributed by atoms with van der Waals surface area (Å²) in [6.07, 6.45) is 1.07. The van der Waals surface area contributed by atoms with Gasteiger partial charge in [-0.05, 0) is 18.1 Å². The summed E-state index contributed by atoms with van der Waals surface area (Å²) in [6.45, 7) is 1.84. The molecule has 19 heavy (non-hydrogen) atoms. The van der Waals surface area contributed by atoms with Crippen LogP contribution in [0.15, 0.2) is 30.3 Å².